The summed E-state index contributed by atoms with van der Waals surface area (Å²) in [6.45, 7) is 0. The van der Waals surface area contributed by atoms with Crippen LogP contribution in [-0.2, 0) is 23.3 Å². The van der Waals surface area contributed by atoms with Crippen LogP contribution in [0.4, 0.5) is 22.0 Å². The number of alkyl halides is 6. The molecule has 0 aliphatic heterocycles. The van der Waals surface area contributed by atoms with Crippen molar-refractivity contribution in [2.24, 2.45) is 0 Å². The Morgan fingerprint density at radius 2 is 2.00 bits per heavy atom. The van der Waals surface area contributed by atoms with Crippen LogP contribution in [0.25, 0.3) is 0 Å². The summed E-state index contributed by atoms with van der Waals surface area (Å²) in [5, 5.41) is 8.57. The molecule has 1 N–H and O–H groups in total. The summed E-state index contributed by atoms with van der Waals surface area (Å²) < 4.78 is 63.2. The summed E-state index contributed by atoms with van der Waals surface area (Å²) in [6.07, 6.45) is -9.16. The topological polar surface area (TPSA) is 50.2 Å². The minimum atomic E-state index is -4.96. The molecule has 0 atom stereocenters. The zero-order valence-corrected chi connectivity index (χ0v) is 9.90. The van der Waals surface area contributed by atoms with E-state index in [1.807, 2.05) is 0 Å². The number of nitrogens with zero attached hydrogens (tertiary/aromatic N) is 1. The van der Waals surface area contributed by atoms with Gasteiger partial charge in [-0.25, -0.2) is 8.78 Å². The van der Waals surface area contributed by atoms with Crippen LogP contribution in [0.5, 0.6) is 0 Å². The van der Waals surface area contributed by atoms with E-state index in [-0.39, 0.29) is 6.07 Å². The van der Waals surface area contributed by atoms with E-state index in [0.717, 1.165) is 0 Å². The molecule has 0 saturated heterocycles. The number of halogens is 6. The minimum Gasteiger partial charge on any atom is -0.481 e. The third-order valence-electron chi connectivity index (χ3n) is 2.21. The number of aromatic nitrogens is 1. The SMILES string of the molecule is O=C(O)Cc1c(C(F)(F)F)cc(C(F)F)nc1CCl. The Kier molecular flexibility index (Phi) is 4.67. The smallest absolute Gasteiger partial charge is 0.416 e. The molecule has 3 nitrogen and oxygen atoms in total. The predicted molar refractivity (Wildman–Crippen MR) is 55.1 cm³/mol. The van der Waals surface area contributed by atoms with E-state index in [1.54, 1.807) is 0 Å². The van der Waals surface area contributed by atoms with Gasteiger partial charge in [-0.2, -0.15) is 13.2 Å². The normalized spacial score (nSPS) is 11.9. The standard InChI is InChI=1S/C10H7ClF5NO2/c11-3-7-4(1-8(18)19)5(10(14,15)16)2-6(17-7)9(12)13/h2,9H,1,3H2,(H,18,19). The first-order chi connectivity index (χ1) is 8.66. The molecule has 1 heterocycles. The van der Waals surface area contributed by atoms with Crippen LogP contribution >= 0.6 is 11.6 Å². The van der Waals surface area contributed by atoms with Gasteiger partial charge in [-0.3, -0.25) is 9.78 Å². The molecule has 0 saturated carbocycles. The molecule has 0 fully saturated rings. The van der Waals surface area contributed by atoms with E-state index in [4.69, 9.17) is 16.7 Å². The van der Waals surface area contributed by atoms with Crippen molar-refractivity contribution < 1.29 is 31.9 Å². The largest absolute Gasteiger partial charge is 0.481 e. The van der Waals surface area contributed by atoms with Crippen molar-refractivity contribution >= 4 is 17.6 Å². The van der Waals surface area contributed by atoms with Crippen LogP contribution in [-0.4, -0.2) is 16.1 Å². The molecule has 1 rings (SSSR count). The molecule has 0 radical (unpaired) electrons. The molecule has 0 aliphatic carbocycles. The van der Waals surface area contributed by atoms with E-state index < -0.39 is 53.4 Å². The maximum absolute atomic E-state index is 12.7. The second kappa shape index (κ2) is 5.68. The monoisotopic (exact) mass is 303 g/mol. The maximum atomic E-state index is 12.7. The molecule has 0 unspecified atom stereocenters. The molecule has 0 aromatic carbocycles. The number of aliphatic carboxylic acids is 1. The Labute approximate surface area is 109 Å². The Hall–Kier alpha value is -1.44. The summed E-state index contributed by atoms with van der Waals surface area (Å²) in [5.74, 6) is -2.13. The van der Waals surface area contributed by atoms with Crippen LogP contribution in [0.15, 0.2) is 6.07 Å². The van der Waals surface area contributed by atoms with Crippen molar-refractivity contribution in [3.63, 3.8) is 0 Å². The molecule has 0 aliphatic rings. The number of rotatable bonds is 4. The number of carbonyl (C=O) groups is 1. The van der Waals surface area contributed by atoms with Crippen molar-refractivity contribution in [1.82, 2.24) is 4.98 Å². The van der Waals surface area contributed by atoms with Gasteiger partial charge in [0.1, 0.15) is 5.69 Å². The fourth-order valence-electron chi connectivity index (χ4n) is 1.47. The van der Waals surface area contributed by atoms with Gasteiger partial charge in [-0.05, 0) is 11.6 Å². The summed E-state index contributed by atoms with van der Waals surface area (Å²) in [4.78, 5) is 13.8. The minimum absolute atomic E-state index is 0.152. The van der Waals surface area contributed by atoms with Crippen molar-refractivity contribution in [1.29, 1.82) is 0 Å². The predicted octanol–water partition coefficient (Wildman–Crippen LogP) is 3.40. The van der Waals surface area contributed by atoms with Crippen LogP contribution < -0.4 is 0 Å². The average Bonchev–Trinajstić information content (AvgIpc) is 2.26. The summed E-state index contributed by atoms with van der Waals surface area (Å²) >= 11 is 5.35. The number of carboxylic acid groups (broad SMARTS) is 1. The second-order valence-electron chi connectivity index (χ2n) is 3.52. The molecule has 0 bridgehead atoms. The summed E-state index contributed by atoms with van der Waals surface area (Å²) in [7, 11) is 0. The molecule has 0 spiro atoms. The fourth-order valence-corrected chi connectivity index (χ4v) is 1.69. The third-order valence-corrected chi connectivity index (χ3v) is 2.47. The molecule has 19 heavy (non-hydrogen) atoms. The molecular weight excluding hydrogens is 297 g/mol. The first-order valence-corrected chi connectivity index (χ1v) is 5.36. The lowest BCUT2D eigenvalue weighted by Gasteiger charge is -2.16. The third kappa shape index (κ3) is 3.76. The zero-order valence-electron chi connectivity index (χ0n) is 9.14. The van der Waals surface area contributed by atoms with Crippen molar-refractivity contribution in [3.05, 3.63) is 28.6 Å². The van der Waals surface area contributed by atoms with Gasteiger partial charge >= 0.3 is 12.1 Å². The average molecular weight is 304 g/mol. The van der Waals surface area contributed by atoms with E-state index in [9.17, 15) is 26.7 Å². The Bertz CT molecular complexity index is 490. The van der Waals surface area contributed by atoms with Crippen LogP contribution in [0, 0.1) is 0 Å². The Morgan fingerprint density at radius 1 is 1.42 bits per heavy atom. The van der Waals surface area contributed by atoms with Crippen molar-refractivity contribution in [2.45, 2.75) is 24.9 Å². The molecule has 0 amide bonds. The van der Waals surface area contributed by atoms with Gasteiger partial charge < -0.3 is 5.11 Å². The molecular formula is C10H7ClF5NO2. The molecule has 1 aromatic rings. The van der Waals surface area contributed by atoms with Crippen LogP contribution in [0.1, 0.15) is 28.9 Å². The Balaban J connectivity index is 3.52. The molecule has 106 valence electrons. The lowest BCUT2D eigenvalue weighted by Crippen LogP contribution is -2.17. The first kappa shape index (κ1) is 15.6. The number of carboxylic acids is 1. The van der Waals surface area contributed by atoms with Gasteiger partial charge in [0.2, 0.25) is 0 Å². The quantitative estimate of drug-likeness (QED) is 0.685. The first-order valence-electron chi connectivity index (χ1n) is 4.82. The van der Waals surface area contributed by atoms with Crippen molar-refractivity contribution in [2.75, 3.05) is 0 Å². The van der Waals surface area contributed by atoms with Gasteiger partial charge in [-0.1, -0.05) is 0 Å². The van der Waals surface area contributed by atoms with Crippen LogP contribution in [0.3, 0.4) is 0 Å². The molecule has 9 heteroatoms. The van der Waals surface area contributed by atoms with Crippen LogP contribution in [0.2, 0.25) is 0 Å². The fraction of sp³-hybridized carbons (Fsp3) is 0.400. The summed E-state index contributed by atoms with van der Waals surface area (Å²) in [6, 6.07) is 0.152. The highest BCUT2D eigenvalue weighted by Crippen LogP contribution is 2.35. The van der Waals surface area contributed by atoms with Gasteiger partial charge in [-0.15, -0.1) is 11.6 Å². The van der Waals surface area contributed by atoms with E-state index in [1.165, 1.54) is 0 Å². The van der Waals surface area contributed by atoms with E-state index >= 15 is 0 Å². The van der Waals surface area contributed by atoms with E-state index in [0.29, 0.717) is 0 Å². The lowest BCUT2D eigenvalue weighted by atomic mass is 10.0. The highest BCUT2D eigenvalue weighted by Gasteiger charge is 2.36. The number of pyridine rings is 1. The van der Waals surface area contributed by atoms with Gasteiger partial charge in [0, 0.05) is 0 Å². The van der Waals surface area contributed by atoms with Gasteiger partial charge in [0.25, 0.3) is 6.43 Å². The van der Waals surface area contributed by atoms with Gasteiger partial charge in [0.05, 0.1) is 23.6 Å². The second-order valence-corrected chi connectivity index (χ2v) is 3.79. The zero-order chi connectivity index (χ0) is 14.8. The highest BCUT2D eigenvalue weighted by molar-refractivity contribution is 6.17. The highest BCUT2D eigenvalue weighted by atomic mass is 35.5. The van der Waals surface area contributed by atoms with Crippen molar-refractivity contribution in [3.8, 4) is 0 Å². The Morgan fingerprint density at radius 3 is 2.37 bits per heavy atom. The van der Waals surface area contributed by atoms with E-state index in [2.05, 4.69) is 4.98 Å². The lowest BCUT2D eigenvalue weighted by molar-refractivity contribution is -0.139. The number of hydrogen-bond donors (Lipinski definition) is 1. The maximum Gasteiger partial charge on any atom is 0.416 e. The van der Waals surface area contributed by atoms with Gasteiger partial charge in [0.15, 0.2) is 0 Å². The molecule has 1 aromatic heterocycles. The summed E-state index contributed by atoms with van der Waals surface area (Å²) in [5.41, 5.74) is -3.73. The number of hydrogen-bond acceptors (Lipinski definition) is 2.